The zero-order valence-corrected chi connectivity index (χ0v) is 17.8. The van der Waals surface area contributed by atoms with Crippen molar-refractivity contribution in [1.82, 2.24) is 9.97 Å². The van der Waals surface area contributed by atoms with Gasteiger partial charge in [0.15, 0.2) is 5.57 Å². The minimum Gasteiger partial charge on any atom is -0.497 e. The van der Waals surface area contributed by atoms with Crippen molar-refractivity contribution in [2.75, 3.05) is 17.7 Å². The van der Waals surface area contributed by atoms with Crippen LogP contribution in [0.4, 0.5) is 11.6 Å². The lowest BCUT2D eigenvalue weighted by atomic mass is 10.2. The Morgan fingerprint density at radius 1 is 1.03 bits per heavy atom. The minimum atomic E-state index is -1.33. The molecule has 10 nitrogen and oxygen atoms in total. The number of anilines is 2. The number of cyclic esters (lactones) is 2. The maximum atomic E-state index is 12.2. The third-order valence-electron chi connectivity index (χ3n) is 4.00. The van der Waals surface area contributed by atoms with Crippen molar-refractivity contribution in [3.8, 4) is 5.75 Å². The lowest BCUT2D eigenvalue weighted by molar-refractivity contribution is -0.222. The number of hydrogen-bond donors (Lipinski definition) is 2. The van der Waals surface area contributed by atoms with Crippen molar-refractivity contribution < 1.29 is 23.8 Å². The molecule has 2 aromatic rings. The molecular weight excluding hydrogens is 402 g/mol. The number of aromatic nitrogens is 2. The lowest BCUT2D eigenvalue weighted by Gasteiger charge is -2.29. The second-order valence-electron chi connectivity index (χ2n) is 7.15. The minimum absolute atomic E-state index is 0.174. The molecule has 0 atom stereocenters. The van der Waals surface area contributed by atoms with E-state index in [1.165, 1.54) is 13.8 Å². The fourth-order valence-corrected chi connectivity index (χ4v) is 2.69. The number of nitrogens with zero attached hydrogens (tertiary/aromatic N) is 3. The Morgan fingerprint density at radius 2 is 1.61 bits per heavy atom. The van der Waals surface area contributed by atoms with Gasteiger partial charge in [-0.3, -0.25) is 5.32 Å². The van der Waals surface area contributed by atoms with Crippen LogP contribution in [0.5, 0.6) is 5.75 Å². The van der Waals surface area contributed by atoms with Gasteiger partial charge in [0.25, 0.3) is 5.79 Å². The van der Waals surface area contributed by atoms with E-state index in [4.69, 9.17) is 14.2 Å². The third-order valence-corrected chi connectivity index (χ3v) is 4.00. The van der Waals surface area contributed by atoms with E-state index in [9.17, 15) is 9.59 Å². The quantitative estimate of drug-likeness (QED) is 0.250. The molecule has 1 aliphatic heterocycles. The maximum absolute atomic E-state index is 12.2. The number of carbonyl (C=O) groups is 2. The standard InChI is InChI=1S/C21H23N5O5/c1-12-10-13(2)24-20(23-12)26-19(25-14-6-8-15(29-5)9-7-14)22-11-16-17(27)30-21(3,4)31-18(16)28/h6-11H,1-5H3,(H2,22,23,24,25,26). The Morgan fingerprint density at radius 3 is 2.16 bits per heavy atom. The van der Waals surface area contributed by atoms with Gasteiger partial charge in [0.1, 0.15) is 5.75 Å². The average molecular weight is 425 g/mol. The van der Waals surface area contributed by atoms with Crippen molar-refractivity contribution in [1.29, 1.82) is 0 Å². The summed E-state index contributed by atoms with van der Waals surface area (Å²) in [5, 5.41) is 6.02. The van der Waals surface area contributed by atoms with Crippen LogP contribution >= 0.6 is 0 Å². The number of methoxy groups -OCH3 is 1. The Hall–Kier alpha value is -3.95. The van der Waals surface area contributed by atoms with Gasteiger partial charge in [-0.25, -0.2) is 24.5 Å². The topological polar surface area (TPSA) is 124 Å². The number of guanidine groups is 1. The van der Waals surface area contributed by atoms with E-state index in [0.29, 0.717) is 17.4 Å². The van der Waals surface area contributed by atoms with Crippen LogP contribution in [-0.2, 0) is 19.1 Å². The molecule has 1 aromatic heterocycles. The summed E-state index contributed by atoms with van der Waals surface area (Å²) in [6.07, 6.45) is 1.07. The Balaban J connectivity index is 1.91. The normalized spacial score (nSPS) is 15.6. The Labute approximate surface area is 179 Å². The summed E-state index contributed by atoms with van der Waals surface area (Å²) in [6, 6.07) is 8.92. The predicted molar refractivity (Wildman–Crippen MR) is 114 cm³/mol. The van der Waals surface area contributed by atoms with Crippen molar-refractivity contribution >= 4 is 29.5 Å². The molecule has 0 unspecified atom stereocenters. The summed E-state index contributed by atoms with van der Waals surface area (Å²) in [5.74, 6) is -1.82. The molecule has 0 amide bonds. The Kier molecular flexibility index (Phi) is 6.19. The first-order valence-corrected chi connectivity index (χ1v) is 9.40. The number of nitrogens with one attached hydrogen (secondary N) is 2. The van der Waals surface area contributed by atoms with Crippen LogP contribution in [-0.4, -0.2) is 40.8 Å². The van der Waals surface area contributed by atoms with Gasteiger partial charge in [-0.15, -0.1) is 0 Å². The molecule has 0 aliphatic carbocycles. The van der Waals surface area contributed by atoms with Crippen molar-refractivity contribution in [3.05, 3.63) is 53.5 Å². The van der Waals surface area contributed by atoms with Crippen LogP contribution in [0.3, 0.4) is 0 Å². The molecule has 10 heteroatoms. The highest BCUT2D eigenvalue weighted by Crippen LogP contribution is 2.22. The number of aliphatic imine (C=N–C) groups is 1. The van der Waals surface area contributed by atoms with Crippen LogP contribution in [0.15, 0.2) is 47.1 Å². The van der Waals surface area contributed by atoms with Crippen molar-refractivity contribution in [2.24, 2.45) is 4.99 Å². The third kappa shape index (κ3) is 5.78. The summed E-state index contributed by atoms with van der Waals surface area (Å²) in [5.41, 5.74) is 1.86. The second kappa shape index (κ2) is 8.82. The maximum Gasteiger partial charge on any atom is 0.350 e. The molecule has 0 bridgehead atoms. The van der Waals surface area contributed by atoms with Gasteiger partial charge in [-0.05, 0) is 44.2 Å². The van der Waals surface area contributed by atoms with Crippen LogP contribution in [0.1, 0.15) is 25.2 Å². The number of ether oxygens (including phenoxy) is 3. The number of aryl methyl sites for hydroxylation is 2. The molecule has 2 N–H and O–H groups in total. The molecule has 1 fully saturated rings. The molecule has 1 aliphatic rings. The van der Waals surface area contributed by atoms with Crippen molar-refractivity contribution in [3.63, 3.8) is 0 Å². The van der Waals surface area contributed by atoms with Gasteiger partial charge < -0.3 is 19.5 Å². The fraction of sp³-hybridized carbons (Fsp3) is 0.286. The second-order valence-corrected chi connectivity index (χ2v) is 7.15. The molecule has 2 heterocycles. The summed E-state index contributed by atoms with van der Waals surface area (Å²) >= 11 is 0. The lowest BCUT2D eigenvalue weighted by Crippen LogP contribution is -2.41. The van der Waals surface area contributed by atoms with Crippen LogP contribution in [0, 0.1) is 13.8 Å². The molecule has 3 rings (SSSR count). The predicted octanol–water partition coefficient (Wildman–Crippen LogP) is 2.70. The van der Waals surface area contributed by atoms with E-state index >= 15 is 0 Å². The summed E-state index contributed by atoms with van der Waals surface area (Å²) in [7, 11) is 1.57. The van der Waals surface area contributed by atoms with E-state index < -0.39 is 17.7 Å². The monoisotopic (exact) mass is 425 g/mol. The van der Waals surface area contributed by atoms with Gasteiger partial charge in [-0.2, -0.15) is 0 Å². The molecule has 0 radical (unpaired) electrons. The van der Waals surface area contributed by atoms with Gasteiger partial charge in [0, 0.05) is 30.9 Å². The largest absolute Gasteiger partial charge is 0.497 e. The van der Waals surface area contributed by atoms with E-state index in [1.807, 2.05) is 19.9 Å². The Bertz CT molecular complexity index is 1020. The SMILES string of the molecule is COc1ccc(NC(=NC=C2C(=O)OC(C)(C)OC2=O)Nc2nc(C)cc(C)n2)cc1. The molecule has 162 valence electrons. The first-order valence-electron chi connectivity index (χ1n) is 9.40. The van der Waals surface area contributed by atoms with Crippen molar-refractivity contribution in [2.45, 2.75) is 33.5 Å². The molecule has 31 heavy (non-hydrogen) atoms. The average Bonchev–Trinajstić information content (AvgIpc) is 2.66. The molecular formula is C21H23N5O5. The van der Waals surface area contributed by atoms with E-state index in [2.05, 4.69) is 25.6 Å². The van der Waals surface area contributed by atoms with Crippen LogP contribution < -0.4 is 15.4 Å². The first kappa shape index (κ1) is 21.8. The number of benzene rings is 1. The summed E-state index contributed by atoms with van der Waals surface area (Å²) in [4.78, 5) is 37.2. The highest BCUT2D eigenvalue weighted by molar-refractivity contribution is 6.15. The molecule has 0 spiro atoms. The van der Waals surface area contributed by atoms with Gasteiger partial charge in [-0.1, -0.05) is 0 Å². The van der Waals surface area contributed by atoms with Gasteiger partial charge in [0.2, 0.25) is 11.9 Å². The van der Waals surface area contributed by atoms with Gasteiger partial charge in [0.05, 0.1) is 13.3 Å². The highest BCUT2D eigenvalue weighted by Gasteiger charge is 2.39. The van der Waals surface area contributed by atoms with E-state index in [0.717, 1.165) is 17.6 Å². The first-order chi connectivity index (χ1) is 14.6. The fourth-order valence-electron chi connectivity index (χ4n) is 2.69. The molecule has 1 aromatic carbocycles. The number of hydrogen-bond acceptors (Lipinski definition) is 8. The zero-order valence-electron chi connectivity index (χ0n) is 17.8. The number of esters is 2. The smallest absolute Gasteiger partial charge is 0.350 e. The molecule has 1 saturated heterocycles. The summed E-state index contributed by atoms with van der Waals surface area (Å²) in [6.45, 7) is 6.62. The molecule has 0 saturated carbocycles. The van der Waals surface area contributed by atoms with E-state index in [1.54, 1.807) is 31.4 Å². The van der Waals surface area contributed by atoms with E-state index in [-0.39, 0.29) is 11.5 Å². The van der Waals surface area contributed by atoms with Gasteiger partial charge >= 0.3 is 11.9 Å². The number of rotatable bonds is 4. The highest BCUT2D eigenvalue weighted by atomic mass is 16.7. The zero-order chi connectivity index (χ0) is 22.6. The van der Waals surface area contributed by atoms with Crippen LogP contribution in [0.25, 0.3) is 0 Å². The summed E-state index contributed by atoms with van der Waals surface area (Å²) < 4.78 is 15.3. The number of carbonyl (C=O) groups excluding carboxylic acids is 2. The van der Waals surface area contributed by atoms with Crippen LogP contribution in [0.2, 0.25) is 0 Å².